The van der Waals surface area contributed by atoms with Gasteiger partial charge in [0.1, 0.15) is 17.9 Å². The average molecular weight is 463 g/mol. The number of carbonyl (C=O) groups excluding carboxylic acids is 4. The second-order valence-corrected chi connectivity index (χ2v) is 8.70. The molecule has 5 rings (SSSR count). The van der Waals surface area contributed by atoms with Crippen molar-refractivity contribution < 1.29 is 23.9 Å². The molecular weight excluding hydrogens is 436 g/mol. The zero-order valence-electron chi connectivity index (χ0n) is 18.6. The van der Waals surface area contributed by atoms with E-state index in [9.17, 15) is 19.2 Å². The van der Waals surface area contributed by atoms with Crippen LogP contribution in [0.3, 0.4) is 0 Å². The molecule has 0 radical (unpaired) electrons. The molecule has 34 heavy (non-hydrogen) atoms. The van der Waals surface area contributed by atoms with Crippen LogP contribution in [-0.4, -0.2) is 53.8 Å². The van der Waals surface area contributed by atoms with Crippen LogP contribution >= 0.6 is 0 Å². The first-order valence-electron chi connectivity index (χ1n) is 11.6. The van der Waals surface area contributed by atoms with Gasteiger partial charge >= 0.3 is 0 Å². The topological polar surface area (TPSA) is 117 Å². The molecule has 3 heterocycles. The summed E-state index contributed by atoms with van der Waals surface area (Å²) in [4.78, 5) is 51.1. The number of rotatable bonds is 6. The van der Waals surface area contributed by atoms with Gasteiger partial charge in [-0.2, -0.15) is 0 Å². The first kappa shape index (κ1) is 22.1. The summed E-state index contributed by atoms with van der Waals surface area (Å²) in [5.74, 6) is -1.28. The highest BCUT2D eigenvalue weighted by Gasteiger charge is 2.45. The van der Waals surface area contributed by atoms with Gasteiger partial charge in [0.15, 0.2) is 0 Å². The number of nitrogens with one attached hydrogen (secondary N) is 3. The molecule has 2 fully saturated rings. The quantitative estimate of drug-likeness (QED) is 0.561. The average Bonchev–Trinajstić information content (AvgIpc) is 3.10. The Bertz CT molecular complexity index is 1160. The molecular formula is C25H26N4O5. The number of imide groups is 2. The number of piperidine rings is 2. The van der Waals surface area contributed by atoms with Crippen LogP contribution in [0.4, 0.5) is 5.69 Å². The Balaban J connectivity index is 1.35. The van der Waals surface area contributed by atoms with Crippen LogP contribution in [0, 0.1) is 0 Å². The Kier molecular flexibility index (Phi) is 6.02. The molecule has 0 spiro atoms. The van der Waals surface area contributed by atoms with E-state index in [4.69, 9.17) is 4.74 Å². The van der Waals surface area contributed by atoms with E-state index in [2.05, 4.69) is 16.0 Å². The molecule has 1 unspecified atom stereocenters. The fourth-order valence-corrected chi connectivity index (χ4v) is 4.73. The van der Waals surface area contributed by atoms with Crippen LogP contribution in [0.5, 0.6) is 5.75 Å². The number of ether oxygens (including phenoxy) is 1. The van der Waals surface area contributed by atoms with Crippen molar-refractivity contribution in [3.63, 3.8) is 0 Å². The smallest absolute Gasteiger partial charge is 0.262 e. The molecule has 3 aliphatic rings. The van der Waals surface area contributed by atoms with Crippen LogP contribution < -0.4 is 20.7 Å². The zero-order valence-corrected chi connectivity index (χ0v) is 18.6. The number of amides is 4. The van der Waals surface area contributed by atoms with Gasteiger partial charge < -0.3 is 15.4 Å². The predicted molar refractivity (Wildman–Crippen MR) is 123 cm³/mol. The summed E-state index contributed by atoms with van der Waals surface area (Å²) in [7, 11) is 0. The number of para-hydroxylation sites is 2. The maximum Gasteiger partial charge on any atom is 0.262 e. The van der Waals surface area contributed by atoms with E-state index in [-0.39, 0.29) is 24.5 Å². The van der Waals surface area contributed by atoms with Crippen molar-refractivity contribution in [1.82, 2.24) is 15.5 Å². The number of fused-ring (bicyclic) bond motifs is 1. The lowest BCUT2D eigenvalue weighted by Gasteiger charge is -2.27. The number of carbonyl (C=O) groups is 4. The molecule has 1 atom stereocenters. The van der Waals surface area contributed by atoms with Gasteiger partial charge in [-0.05, 0) is 56.1 Å². The molecule has 2 aromatic carbocycles. The maximum atomic E-state index is 13.3. The number of hydrogen-bond acceptors (Lipinski definition) is 7. The summed E-state index contributed by atoms with van der Waals surface area (Å²) in [5, 5.41) is 8.89. The highest BCUT2D eigenvalue weighted by molar-refractivity contribution is 6.24. The van der Waals surface area contributed by atoms with Crippen LogP contribution in [0.1, 0.15) is 52.0 Å². The van der Waals surface area contributed by atoms with Crippen molar-refractivity contribution in [3.05, 3.63) is 59.2 Å². The lowest BCUT2D eigenvalue weighted by molar-refractivity contribution is -0.136. The van der Waals surface area contributed by atoms with E-state index in [0.29, 0.717) is 17.7 Å². The van der Waals surface area contributed by atoms with Crippen LogP contribution in [-0.2, 0) is 16.1 Å². The third kappa shape index (κ3) is 4.14. The number of nitrogens with zero attached hydrogens (tertiary/aromatic N) is 1. The maximum absolute atomic E-state index is 13.3. The first-order valence-corrected chi connectivity index (χ1v) is 11.6. The number of benzene rings is 2. The van der Waals surface area contributed by atoms with Crippen LogP contribution in [0.15, 0.2) is 42.5 Å². The van der Waals surface area contributed by atoms with Crippen LogP contribution in [0.25, 0.3) is 0 Å². The second-order valence-electron chi connectivity index (χ2n) is 8.70. The standard InChI is InChI=1S/C25H26N4O5/c30-21-9-8-19(23(31)28-21)29-24(32)17-5-3-4-15(22(17)25(29)33)14-27-18-6-1-2-7-20(18)34-16-10-12-26-13-11-16/h1-7,16,19,26-27H,8-14H2,(H,28,30,31). The van der Waals surface area contributed by atoms with E-state index in [1.54, 1.807) is 18.2 Å². The summed E-state index contributed by atoms with van der Waals surface area (Å²) >= 11 is 0. The molecule has 3 N–H and O–H groups in total. The molecule has 4 amide bonds. The monoisotopic (exact) mass is 462 g/mol. The summed E-state index contributed by atoms with van der Waals surface area (Å²) in [6, 6.07) is 11.8. The number of anilines is 1. The van der Waals surface area contributed by atoms with Gasteiger partial charge in [-0.1, -0.05) is 24.3 Å². The SMILES string of the molecule is O=C1CCC(N2C(=O)c3cccc(CNc4ccccc4OC4CCNCC4)c3C2=O)C(=O)N1. The van der Waals surface area contributed by atoms with Crippen LogP contribution in [0.2, 0.25) is 0 Å². The van der Waals surface area contributed by atoms with Gasteiger partial charge in [-0.15, -0.1) is 0 Å². The van der Waals surface area contributed by atoms with Gasteiger partial charge in [-0.3, -0.25) is 29.4 Å². The third-order valence-corrected chi connectivity index (χ3v) is 6.49. The normalized spacial score (nSPS) is 20.8. The largest absolute Gasteiger partial charge is 0.488 e. The minimum atomic E-state index is -0.981. The van der Waals surface area contributed by atoms with Crippen molar-refractivity contribution in [2.75, 3.05) is 18.4 Å². The minimum absolute atomic E-state index is 0.0894. The molecule has 0 aliphatic carbocycles. The Hall–Kier alpha value is -3.72. The Morgan fingerprint density at radius 1 is 0.941 bits per heavy atom. The van der Waals surface area contributed by atoms with Crippen molar-refractivity contribution >= 4 is 29.3 Å². The molecule has 2 aromatic rings. The lowest BCUT2D eigenvalue weighted by atomic mass is 10.0. The van der Waals surface area contributed by atoms with Gasteiger partial charge in [-0.25, -0.2) is 0 Å². The van der Waals surface area contributed by atoms with Crippen molar-refractivity contribution in [2.45, 2.75) is 44.4 Å². The van der Waals surface area contributed by atoms with E-state index in [1.165, 1.54) is 0 Å². The Labute approximate surface area is 196 Å². The molecule has 0 aromatic heterocycles. The molecule has 0 bridgehead atoms. The summed E-state index contributed by atoms with van der Waals surface area (Å²) in [6.07, 6.45) is 2.24. The first-order chi connectivity index (χ1) is 16.5. The fourth-order valence-electron chi connectivity index (χ4n) is 4.73. The van der Waals surface area contributed by atoms with Gasteiger partial charge in [0.25, 0.3) is 11.8 Å². The lowest BCUT2D eigenvalue weighted by Crippen LogP contribution is -2.54. The highest BCUT2D eigenvalue weighted by atomic mass is 16.5. The Morgan fingerprint density at radius 2 is 1.74 bits per heavy atom. The Morgan fingerprint density at radius 3 is 2.53 bits per heavy atom. The van der Waals surface area contributed by atoms with E-state index in [1.807, 2.05) is 24.3 Å². The highest BCUT2D eigenvalue weighted by Crippen LogP contribution is 2.32. The predicted octanol–water partition coefficient (Wildman–Crippen LogP) is 1.83. The van der Waals surface area contributed by atoms with E-state index < -0.39 is 29.7 Å². The van der Waals surface area contributed by atoms with Gasteiger partial charge in [0.05, 0.1) is 16.8 Å². The van der Waals surface area contributed by atoms with Gasteiger partial charge in [0.2, 0.25) is 11.8 Å². The van der Waals surface area contributed by atoms with Crippen molar-refractivity contribution in [2.24, 2.45) is 0 Å². The minimum Gasteiger partial charge on any atom is -0.488 e. The molecule has 9 heteroatoms. The van der Waals surface area contributed by atoms with E-state index >= 15 is 0 Å². The van der Waals surface area contributed by atoms with Crippen molar-refractivity contribution in [3.8, 4) is 5.75 Å². The second kappa shape index (κ2) is 9.26. The molecule has 2 saturated heterocycles. The molecule has 176 valence electrons. The zero-order chi connectivity index (χ0) is 23.7. The third-order valence-electron chi connectivity index (χ3n) is 6.49. The van der Waals surface area contributed by atoms with E-state index in [0.717, 1.165) is 42.3 Å². The molecule has 3 aliphatic heterocycles. The summed E-state index contributed by atoms with van der Waals surface area (Å²) in [5.41, 5.74) is 2.02. The fraction of sp³-hybridized carbons (Fsp3) is 0.360. The molecule has 0 saturated carbocycles. The summed E-state index contributed by atoms with van der Waals surface area (Å²) in [6.45, 7) is 2.16. The number of hydrogen-bond donors (Lipinski definition) is 3. The van der Waals surface area contributed by atoms with Gasteiger partial charge in [0, 0.05) is 13.0 Å². The van der Waals surface area contributed by atoms with Crippen molar-refractivity contribution in [1.29, 1.82) is 0 Å². The summed E-state index contributed by atoms with van der Waals surface area (Å²) < 4.78 is 6.22. The molecule has 9 nitrogen and oxygen atoms in total.